The number of hydrogen-bond donors (Lipinski definition) is 2. The lowest BCUT2D eigenvalue weighted by Gasteiger charge is -2.55. The molecule has 1 aliphatic heterocycles. The van der Waals surface area contributed by atoms with E-state index in [1.807, 2.05) is 0 Å². The molecule has 0 aliphatic carbocycles. The smallest absolute Gasteiger partial charge is 0.322 e. The molecule has 0 fully saturated rings. The lowest BCUT2D eigenvalue weighted by Crippen LogP contribution is -2.73. The summed E-state index contributed by atoms with van der Waals surface area (Å²) in [5.74, 6) is 1.98. The average molecular weight is 609 g/mol. The maximum absolute atomic E-state index is 13.3. The number of carbonyl (C=O) groups is 1. The van der Waals surface area contributed by atoms with Crippen LogP contribution in [0.1, 0.15) is 184 Å². The Morgan fingerprint density at radius 2 is 0.881 bits per heavy atom. The molecule has 1 heterocycles. The highest BCUT2D eigenvalue weighted by molar-refractivity contribution is 8.15. The highest BCUT2D eigenvalue weighted by atomic mass is 32.2. The van der Waals surface area contributed by atoms with Crippen molar-refractivity contribution in [1.82, 2.24) is 0 Å². The van der Waals surface area contributed by atoms with E-state index in [1.54, 1.807) is 0 Å². The van der Waals surface area contributed by atoms with Crippen LogP contribution in [0, 0.1) is 23.7 Å². The van der Waals surface area contributed by atoms with Gasteiger partial charge in [0.25, 0.3) is 0 Å². The topological polar surface area (TPSA) is 93.8 Å². The van der Waals surface area contributed by atoms with Gasteiger partial charge in [0.2, 0.25) is 0 Å². The van der Waals surface area contributed by atoms with Gasteiger partial charge in [-0.3, -0.25) is 4.79 Å². The zero-order valence-corrected chi connectivity index (χ0v) is 30.1. The maximum Gasteiger partial charge on any atom is 0.325 e. The van der Waals surface area contributed by atoms with Crippen LogP contribution in [-0.4, -0.2) is 21.2 Å². The van der Waals surface area contributed by atoms with E-state index < -0.39 is 15.9 Å². The van der Waals surface area contributed by atoms with Gasteiger partial charge in [0, 0.05) is 0 Å². The summed E-state index contributed by atoms with van der Waals surface area (Å²) in [6.45, 7) is 18.3. The van der Waals surface area contributed by atoms with Gasteiger partial charge in [-0.25, -0.2) is 0 Å². The van der Waals surface area contributed by atoms with E-state index in [4.69, 9.17) is 16.6 Å². The Bertz CT molecular complexity index is 675. The molecule has 5 nitrogen and oxygen atoms in total. The first kappa shape index (κ1) is 39.6. The van der Waals surface area contributed by atoms with Crippen molar-refractivity contribution in [2.75, 3.05) is 0 Å². The molecule has 0 aromatic rings. The summed E-state index contributed by atoms with van der Waals surface area (Å²) in [7, 11) is 0. The number of thioether (sulfide) groups is 1. The van der Waals surface area contributed by atoms with Crippen molar-refractivity contribution in [3.63, 3.8) is 0 Å². The fourth-order valence-electron chi connectivity index (χ4n) is 7.73. The van der Waals surface area contributed by atoms with Crippen molar-refractivity contribution < 1.29 is 4.79 Å². The molecule has 6 heteroatoms. The Labute approximate surface area is 266 Å². The molecule has 0 radical (unpaired) electrons. The van der Waals surface area contributed by atoms with Gasteiger partial charge in [0.15, 0.2) is 4.87 Å². The fraction of sp³-hybridized carbons (Fsp3) is 0.972. The van der Waals surface area contributed by atoms with Crippen LogP contribution in [0.25, 0.3) is 0 Å². The summed E-state index contributed by atoms with van der Waals surface area (Å²) < 4.78 is 0. The van der Waals surface area contributed by atoms with Crippen molar-refractivity contribution >= 4 is 17.0 Å². The summed E-state index contributed by atoms with van der Waals surface area (Å²) in [5, 5.41) is 9.14. The number of amides is 1. The number of nitrogens with two attached hydrogens (primary N) is 2. The number of nitrogens with zero attached hydrogens (tertiary/aromatic N) is 2. The highest BCUT2D eigenvalue weighted by Crippen LogP contribution is 2.57. The predicted octanol–water partition coefficient (Wildman–Crippen LogP) is 11.8. The normalized spacial score (nSPS) is 23.0. The van der Waals surface area contributed by atoms with Crippen molar-refractivity contribution in [2.24, 2.45) is 45.4 Å². The molecule has 0 saturated carbocycles. The first-order valence-corrected chi connectivity index (χ1v) is 19.1. The molecule has 0 bridgehead atoms. The van der Waals surface area contributed by atoms with Gasteiger partial charge in [-0.2, -0.15) is 5.11 Å². The van der Waals surface area contributed by atoms with E-state index in [0.717, 1.165) is 51.4 Å². The van der Waals surface area contributed by atoms with Gasteiger partial charge in [0.05, 0.1) is 11.1 Å². The van der Waals surface area contributed by atoms with Crippen molar-refractivity contribution in [3.05, 3.63) is 0 Å². The average Bonchev–Trinajstić information content (AvgIpc) is 3.41. The molecular formula is C36H72N4OS. The Morgan fingerprint density at radius 1 is 0.595 bits per heavy atom. The zero-order chi connectivity index (χ0) is 31.7. The van der Waals surface area contributed by atoms with Gasteiger partial charge in [0.1, 0.15) is 0 Å². The molecule has 0 saturated heterocycles. The lowest BCUT2D eigenvalue weighted by molar-refractivity contribution is 0.0880. The van der Waals surface area contributed by atoms with Crippen molar-refractivity contribution in [3.8, 4) is 0 Å². The molecule has 42 heavy (non-hydrogen) atoms. The van der Waals surface area contributed by atoms with Gasteiger partial charge >= 0.3 is 5.24 Å². The third-order valence-electron chi connectivity index (χ3n) is 10.6. The quantitative estimate of drug-likeness (QED) is 0.102. The Kier molecular flexibility index (Phi) is 19.4. The van der Waals surface area contributed by atoms with E-state index >= 15 is 0 Å². The first-order valence-electron chi connectivity index (χ1n) is 18.3. The third kappa shape index (κ3) is 11.2. The van der Waals surface area contributed by atoms with Gasteiger partial charge in [-0.1, -0.05) is 158 Å². The Hall–Kier alpha value is -0.460. The van der Waals surface area contributed by atoms with Crippen molar-refractivity contribution in [1.29, 1.82) is 0 Å². The molecule has 1 aliphatic rings. The number of rotatable bonds is 26. The molecule has 0 spiro atoms. The van der Waals surface area contributed by atoms with Crippen LogP contribution in [-0.2, 0) is 0 Å². The molecule has 4 unspecified atom stereocenters. The molecule has 0 aromatic carbocycles. The van der Waals surface area contributed by atoms with Gasteiger partial charge in [-0.05, 0) is 61.1 Å². The summed E-state index contributed by atoms with van der Waals surface area (Å²) in [6.07, 6.45) is 22.1. The fourth-order valence-corrected chi connectivity index (χ4v) is 8.89. The van der Waals surface area contributed by atoms with Crippen molar-refractivity contribution in [2.45, 2.75) is 200 Å². The van der Waals surface area contributed by atoms with E-state index in [1.165, 1.54) is 88.8 Å². The maximum atomic E-state index is 13.3. The second kappa shape index (κ2) is 20.5. The standard InChI is InChI=1S/C36H72N4OS/c1-9-17-21-29(13-5)25-34(37,26-30(14-6)22-18-10-2)36(40-39-33(41)42-36)35(38,27-31(15-7)23-19-11-3)28-32(16-8)24-20-12-4/h29-32H,9-28,37-38H2,1-8H3. The molecular weight excluding hydrogens is 536 g/mol. The van der Waals surface area contributed by atoms with E-state index in [-0.39, 0.29) is 5.24 Å². The largest absolute Gasteiger partial charge is 0.325 e. The minimum atomic E-state index is -0.935. The minimum absolute atomic E-state index is 0.203. The van der Waals surface area contributed by atoms with Crippen LogP contribution < -0.4 is 11.5 Å². The molecule has 4 atom stereocenters. The van der Waals surface area contributed by atoms with E-state index in [0.29, 0.717) is 23.7 Å². The summed E-state index contributed by atoms with van der Waals surface area (Å²) in [4.78, 5) is 12.3. The Balaban J connectivity index is 3.86. The molecule has 248 valence electrons. The number of hydrogen-bond acceptors (Lipinski definition) is 5. The molecule has 1 rings (SSSR count). The first-order chi connectivity index (χ1) is 20.1. The summed E-state index contributed by atoms with van der Waals surface area (Å²) >= 11 is 1.31. The van der Waals surface area contributed by atoms with Crippen LogP contribution >= 0.6 is 11.8 Å². The second-order valence-corrected chi connectivity index (χ2v) is 15.2. The Morgan fingerprint density at radius 3 is 1.07 bits per heavy atom. The van der Waals surface area contributed by atoms with E-state index in [9.17, 15) is 4.79 Å². The van der Waals surface area contributed by atoms with Gasteiger partial charge < -0.3 is 11.5 Å². The minimum Gasteiger partial charge on any atom is -0.322 e. The van der Waals surface area contributed by atoms with Crippen LogP contribution in [0.2, 0.25) is 0 Å². The van der Waals surface area contributed by atoms with Gasteiger partial charge in [-0.15, -0.1) is 5.11 Å². The van der Waals surface area contributed by atoms with Crippen LogP contribution in [0.3, 0.4) is 0 Å². The molecule has 1 amide bonds. The van der Waals surface area contributed by atoms with Crippen LogP contribution in [0.5, 0.6) is 0 Å². The van der Waals surface area contributed by atoms with Crippen LogP contribution in [0.15, 0.2) is 10.2 Å². The van der Waals surface area contributed by atoms with Crippen LogP contribution in [0.4, 0.5) is 4.79 Å². The third-order valence-corrected chi connectivity index (χ3v) is 12.1. The summed E-state index contributed by atoms with van der Waals surface area (Å²) in [6, 6.07) is 0. The summed E-state index contributed by atoms with van der Waals surface area (Å²) in [5.41, 5.74) is 14.4. The van der Waals surface area contributed by atoms with E-state index in [2.05, 4.69) is 60.5 Å². The molecule has 4 N–H and O–H groups in total. The number of azo groups is 1. The monoisotopic (exact) mass is 609 g/mol. The highest BCUT2D eigenvalue weighted by Gasteiger charge is 2.65. The predicted molar refractivity (Wildman–Crippen MR) is 186 cm³/mol. The SMILES string of the molecule is CCCCC(CC)CC(N)(CC(CC)CCCC)C1(C(N)(CC(CC)CCCC)CC(CC)CCCC)N=NC(=O)S1. The second-order valence-electron chi connectivity index (χ2n) is 14.0. The number of unbranched alkanes of at least 4 members (excludes halogenated alkanes) is 4. The zero-order valence-electron chi connectivity index (χ0n) is 29.3. The lowest BCUT2D eigenvalue weighted by atomic mass is 9.62. The number of carbonyl (C=O) groups excluding carboxylic acids is 1. The molecule has 0 aromatic heterocycles.